The summed E-state index contributed by atoms with van der Waals surface area (Å²) in [5.74, 6) is -0.0546. The Kier molecular flexibility index (Phi) is 3.10. The number of benzene rings is 1. The highest BCUT2D eigenvalue weighted by Crippen LogP contribution is 2.27. The van der Waals surface area contributed by atoms with Crippen LogP contribution in [0.3, 0.4) is 0 Å². The number of nitrogen functional groups attached to an aromatic ring is 1. The van der Waals surface area contributed by atoms with E-state index in [2.05, 4.69) is 15.5 Å². The maximum Gasteiger partial charge on any atom is 0.213 e. The Bertz CT molecular complexity index is 566. The van der Waals surface area contributed by atoms with Crippen LogP contribution in [0.25, 0.3) is 0 Å². The fraction of sp³-hybridized carbons (Fsp3) is 0.200. The third kappa shape index (κ3) is 2.44. The first-order valence-corrected chi connectivity index (χ1v) is 5.70. The molecular weight excluding hydrogens is 238 g/mol. The number of carbonyl (C=O) groups excluding carboxylic acids is 1. The summed E-state index contributed by atoms with van der Waals surface area (Å²) >= 11 is 1.38. The number of hydrogen-bond acceptors (Lipinski definition) is 6. The van der Waals surface area contributed by atoms with Crippen LogP contribution in [0.5, 0.6) is 0 Å². The molecule has 2 rings (SSSR count). The van der Waals surface area contributed by atoms with Crippen molar-refractivity contribution in [3.8, 4) is 0 Å². The van der Waals surface area contributed by atoms with Gasteiger partial charge in [-0.25, -0.2) is 4.68 Å². The molecule has 0 saturated heterocycles. The molecule has 0 radical (unpaired) electrons. The molecule has 0 saturated carbocycles. The van der Waals surface area contributed by atoms with Gasteiger partial charge in [0, 0.05) is 23.2 Å². The topological polar surface area (TPSA) is 86.7 Å². The van der Waals surface area contributed by atoms with Gasteiger partial charge in [0.2, 0.25) is 5.16 Å². The molecule has 0 unspecified atom stereocenters. The summed E-state index contributed by atoms with van der Waals surface area (Å²) in [6, 6.07) is 5.29. The molecule has 0 aliphatic carbocycles. The zero-order valence-electron chi connectivity index (χ0n) is 9.41. The van der Waals surface area contributed by atoms with Crippen molar-refractivity contribution in [2.45, 2.75) is 17.0 Å². The van der Waals surface area contributed by atoms with E-state index < -0.39 is 0 Å². The van der Waals surface area contributed by atoms with Gasteiger partial charge in [-0.05, 0) is 47.3 Å². The fourth-order valence-corrected chi connectivity index (χ4v) is 2.09. The third-order valence-corrected chi connectivity index (χ3v) is 3.21. The van der Waals surface area contributed by atoms with Crippen LogP contribution in [-0.2, 0) is 7.05 Å². The van der Waals surface area contributed by atoms with Gasteiger partial charge >= 0.3 is 0 Å². The molecule has 1 heterocycles. The summed E-state index contributed by atoms with van der Waals surface area (Å²) in [5, 5.41) is 11.8. The van der Waals surface area contributed by atoms with Crippen LogP contribution < -0.4 is 5.73 Å². The first-order chi connectivity index (χ1) is 8.08. The van der Waals surface area contributed by atoms with Crippen LogP contribution in [0.2, 0.25) is 0 Å². The van der Waals surface area contributed by atoms with E-state index in [1.165, 1.54) is 18.7 Å². The lowest BCUT2D eigenvalue weighted by molar-refractivity contribution is 0.101. The van der Waals surface area contributed by atoms with Crippen molar-refractivity contribution in [1.82, 2.24) is 20.2 Å². The van der Waals surface area contributed by atoms with E-state index in [0.717, 1.165) is 4.90 Å². The maximum absolute atomic E-state index is 11.4. The molecule has 2 N–H and O–H groups in total. The molecule has 0 amide bonds. The lowest BCUT2D eigenvalue weighted by Crippen LogP contribution is -1.99. The highest BCUT2D eigenvalue weighted by atomic mass is 32.2. The summed E-state index contributed by atoms with van der Waals surface area (Å²) in [5.41, 5.74) is 6.72. The van der Waals surface area contributed by atoms with Crippen molar-refractivity contribution in [2.24, 2.45) is 7.05 Å². The van der Waals surface area contributed by atoms with Crippen molar-refractivity contribution in [2.75, 3.05) is 5.73 Å². The van der Waals surface area contributed by atoms with E-state index >= 15 is 0 Å². The zero-order chi connectivity index (χ0) is 12.4. The van der Waals surface area contributed by atoms with Crippen LogP contribution in [0.1, 0.15) is 17.3 Å². The molecule has 2 aromatic rings. The molecule has 1 aromatic carbocycles. The van der Waals surface area contributed by atoms with Crippen LogP contribution in [0, 0.1) is 0 Å². The average Bonchev–Trinajstić information content (AvgIpc) is 2.67. The highest BCUT2D eigenvalue weighted by molar-refractivity contribution is 7.99. The van der Waals surface area contributed by atoms with Gasteiger partial charge in [0.15, 0.2) is 5.78 Å². The highest BCUT2D eigenvalue weighted by Gasteiger charge is 2.09. The van der Waals surface area contributed by atoms with Crippen molar-refractivity contribution in [3.05, 3.63) is 23.8 Å². The molecule has 0 spiro atoms. The number of nitrogens with two attached hydrogens (primary N) is 1. The van der Waals surface area contributed by atoms with Gasteiger partial charge in [-0.15, -0.1) is 5.10 Å². The number of aryl methyl sites for hydroxylation is 1. The van der Waals surface area contributed by atoms with Gasteiger partial charge in [-0.1, -0.05) is 0 Å². The second-order valence-corrected chi connectivity index (χ2v) is 4.53. The molecule has 7 heteroatoms. The summed E-state index contributed by atoms with van der Waals surface area (Å²) < 4.78 is 1.56. The molecule has 6 nitrogen and oxygen atoms in total. The molecule has 0 aliphatic rings. The zero-order valence-corrected chi connectivity index (χ0v) is 10.2. The van der Waals surface area contributed by atoms with Gasteiger partial charge < -0.3 is 5.73 Å². The number of rotatable bonds is 3. The number of aromatic nitrogens is 4. The number of ketones is 1. The first-order valence-electron chi connectivity index (χ1n) is 4.88. The minimum Gasteiger partial charge on any atom is -0.398 e. The molecule has 88 valence electrons. The Labute approximate surface area is 102 Å². The monoisotopic (exact) mass is 249 g/mol. The molecule has 0 fully saturated rings. The van der Waals surface area contributed by atoms with Crippen molar-refractivity contribution in [3.63, 3.8) is 0 Å². The van der Waals surface area contributed by atoms with E-state index in [0.29, 0.717) is 16.4 Å². The summed E-state index contributed by atoms with van der Waals surface area (Å²) in [7, 11) is 1.76. The molecule has 0 bridgehead atoms. The van der Waals surface area contributed by atoms with Crippen molar-refractivity contribution >= 4 is 23.2 Å². The molecule has 0 atom stereocenters. The predicted molar refractivity (Wildman–Crippen MR) is 63.8 cm³/mol. The lowest BCUT2D eigenvalue weighted by atomic mass is 10.1. The molecular formula is C10H11N5OS. The van der Waals surface area contributed by atoms with Crippen LogP contribution in [0.15, 0.2) is 28.3 Å². The number of nitrogens with zero attached hydrogens (tertiary/aromatic N) is 4. The summed E-state index contributed by atoms with van der Waals surface area (Å²) in [4.78, 5) is 12.2. The predicted octanol–water partition coefficient (Wildman–Crippen LogP) is 1.15. The van der Waals surface area contributed by atoms with E-state index in [1.807, 2.05) is 6.07 Å². The van der Waals surface area contributed by atoms with Gasteiger partial charge in [0.25, 0.3) is 0 Å². The number of tetrazole rings is 1. The van der Waals surface area contributed by atoms with E-state index in [-0.39, 0.29) is 5.78 Å². The molecule has 1 aromatic heterocycles. The van der Waals surface area contributed by atoms with Gasteiger partial charge in [0.05, 0.1) is 0 Å². The Morgan fingerprint density at radius 2 is 2.24 bits per heavy atom. The second kappa shape index (κ2) is 4.54. The lowest BCUT2D eigenvalue weighted by Gasteiger charge is -2.04. The average molecular weight is 249 g/mol. The molecule has 0 aliphatic heterocycles. The third-order valence-electron chi connectivity index (χ3n) is 2.19. The Hall–Kier alpha value is -1.89. The summed E-state index contributed by atoms with van der Waals surface area (Å²) in [6.45, 7) is 1.49. The fourth-order valence-electron chi connectivity index (χ4n) is 1.32. The van der Waals surface area contributed by atoms with E-state index in [4.69, 9.17) is 5.73 Å². The maximum atomic E-state index is 11.4. The summed E-state index contributed by atoms with van der Waals surface area (Å²) in [6.07, 6.45) is 0. The minimum atomic E-state index is -0.0546. The normalized spacial score (nSPS) is 10.5. The second-order valence-electron chi connectivity index (χ2n) is 3.49. The SMILES string of the molecule is CC(=O)c1cc(Sc2nnnn2C)ccc1N. The largest absolute Gasteiger partial charge is 0.398 e. The minimum absolute atomic E-state index is 0.0546. The number of anilines is 1. The number of carbonyl (C=O) groups is 1. The van der Waals surface area contributed by atoms with Gasteiger partial charge in [0.1, 0.15) is 0 Å². The Morgan fingerprint density at radius 1 is 1.47 bits per heavy atom. The van der Waals surface area contributed by atoms with Gasteiger partial charge in [-0.3, -0.25) is 4.79 Å². The number of hydrogen-bond donors (Lipinski definition) is 1. The van der Waals surface area contributed by atoms with E-state index in [1.54, 1.807) is 23.9 Å². The quantitative estimate of drug-likeness (QED) is 0.648. The first kappa shape index (κ1) is 11.6. The van der Waals surface area contributed by atoms with Crippen molar-refractivity contribution in [1.29, 1.82) is 0 Å². The van der Waals surface area contributed by atoms with Crippen LogP contribution >= 0.6 is 11.8 Å². The molecule has 17 heavy (non-hydrogen) atoms. The van der Waals surface area contributed by atoms with Crippen LogP contribution in [0.4, 0.5) is 5.69 Å². The van der Waals surface area contributed by atoms with Gasteiger partial charge in [-0.2, -0.15) is 0 Å². The Morgan fingerprint density at radius 3 is 2.82 bits per heavy atom. The number of Topliss-reactive ketones (excluding diaryl/α,β-unsaturated/α-hetero) is 1. The standard InChI is InChI=1S/C10H11N5OS/c1-6(16)8-5-7(3-4-9(8)11)17-10-12-13-14-15(10)2/h3-5H,11H2,1-2H3. The van der Waals surface area contributed by atoms with Crippen LogP contribution in [-0.4, -0.2) is 26.0 Å². The Balaban J connectivity index is 2.32. The van der Waals surface area contributed by atoms with Crippen molar-refractivity contribution < 1.29 is 4.79 Å². The van der Waals surface area contributed by atoms with E-state index in [9.17, 15) is 4.79 Å². The smallest absolute Gasteiger partial charge is 0.213 e.